The Kier molecular flexibility index (Phi) is 6.93. The molecule has 1 amide bonds. The van der Waals surface area contributed by atoms with Crippen molar-refractivity contribution in [2.75, 3.05) is 6.61 Å². The average Bonchev–Trinajstić information content (AvgIpc) is 3.05. The van der Waals surface area contributed by atoms with Crippen molar-refractivity contribution in [1.82, 2.24) is 10.5 Å². The smallest absolute Gasteiger partial charge is 0.415 e. The van der Waals surface area contributed by atoms with Crippen LogP contribution in [0.3, 0.4) is 0 Å². The predicted molar refractivity (Wildman–Crippen MR) is 91.9 cm³/mol. The Balaban J connectivity index is 2.11. The Labute approximate surface area is 160 Å². The van der Waals surface area contributed by atoms with E-state index in [0.29, 0.717) is 6.42 Å². The van der Waals surface area contributed by atoms with Crippen LogP contribution < -0.4 is 15.0 Å². The minimum atomic E-state index is -4.24. The van der Waals surface area contributed by atoms with E-state index in [1.807, 2.05) is 0 Å². The third-order valence-electron chi connectivity index (χ3n) is 3.70. The minimum absolute atomic E-state index is 0.137. The molecule has 28 heavy (non-hydrogen) atoms. The maximum absolute atomic E-state index is 12.7. The lowest BCUT2D eigenvalue weighted by Gasteiger charge is -2.15. The van der Waals surface area contributed by atoms with Gasteiger partial charge in [0, 0.05) is 6.42 Å². The van der Waals surface area contributed by atoms with Crippen LogP contribution in [0.25, 0.3) is 0 Å². The lowest BCUT2D eigenvalue weighted by atomic mass is 10.2. The van der Waals surface area contributed by atoms with Crippen molar-refractivity contribution in [2.45, 2.75) is 42.1 Å². The summed E-state index contributed by atoms with van der Waals surface area (Å²) in [4.78, 5) is 21.8. The van der Waals surface area contributed by atoms with E-state index in [4.69, 9.17) is 9.84 Å². The predicted octanol–water partition coefficient (Wildman–Crippen LogP) is 0.279. The number of carboxylic acids is 1. The summed E-state index contributed by atoms with van der Waals surface area (Å²) in [6.45, 7) is 1.54. The number of carboxylic acid groups (broad SMARTS) is 1. The fourth-order valence-corrected chi connectivity index (χ4v) is 3.50. The molecular formula is C16H19N3O8S. The number of benzene rings is 1. The summed E-state index contributed by atoms with van der Waals surface area (Å²) >= 11 is 0. The number of ether oxygens (including phenoxy) is 1. The van der Waals surface area contributed by atoms with Gasteiger partial charge in [0.2, 0.25) is 5.91 Å². The molecule has 0 aliphatic rings. The molecule has 0 fully saturated rings. The number of aromatic nitrogens is 2. The summed E-state index contributed by atoms with van der Waals surface area (Å²) in [5, 5.41) is 25.5. The quantitative estimate of drug-likeness (QED) is 0.521. The van der Waals surface area contributed by atoms with Gasteiger partial charge in [0.25, 0.3) is 9.84 Å². The second-order valence-electron chi connectivity index (χ2n) is 5.73. The zero-order valence-corrected chi connectivity index (χ0v) is 15.7. The molecular weight excluding hydrogens is 394 g/mol. The zero-order valence-electron chi connectivity index (χ0n) is 14.9. The largest absolute Gasteiger partial charge is 0.481 e. The van der Waals surface area contributed by atoms with Gasteiger partial charge in [-0.2, -0.15) is 0 Å². The Hall–Kier alpha value is -3.15. The van der Waals surface area contributed by atoms with Gasteiger partial charge in [-0.15, -0.1) is 0 Å². The van der Waals surface area contributed by atoms with E-state index >= 15 is 0 Å². The molecule has 1 atom stereocenters. The van der Waals surface area contributed by atoms with Gasteiger partial charge in [-0.05, 0) is 23.5 Å². The molecule has 0 saturated heterocycles. The first-order valence-electron chi connectivity index (χ1n) is 8.29. The number of amides is 1. The third kappa shape index (κ3) is 5.19. The van der Waals surface area contributed by atoms with Crippen LogP contribution in [0.4, 0.5) is 0 Å². The number of carbonyl (C=O) groups is 2. The summed E-state index contributed by atoms with van der Waals surface area (Å²) in [7, 11) is -4.24. The molecule has 1 unspecified atom stereocenters. The van der Waals surface area contributed by atoms with E-state index in [1.54, 1.807) is 13.0 Å². The van der Waals surface area contributed by atoms with Gasteiger partial charge in [0.15, 0.2) is 0 Å². The van der Waals surface area contributed by atoms with Crippen molar-refractivity contribution in [1.29, 1.82) is 0 Å². The number of carbonyl (C=O) groups excluding carboxylic acids is 1. The number of rotatable bonds is 10. The van der Waals surface area contributed by atoms with Crippen LogP contribution in [-0.4, -0.2) is 43.2 Å². The number of sulfone groups is 1. The van der Waals surface area contributed by atoms with Crippen LogP contribution >= 0.6 is 0 Å². The molecule has 152 valence electrons. The van der Waals surface area contributed by atoms with Crippen LogP contribution in [0, 0.1) is 5.21 Å². The first-order chi connectivity index (χ1) is 13.3. The van der Waals surface area contributed by atoms with E-state index in [1.165, 1.54) is 24.3 Å². The fraction of sp³-hybridized carbons (Fsp3) is 0.375. The van der Waals surface area contributed by atoms with Crippen LogP contribution in [0.2, 0.25) is 0 Å². The Morgan fingerprint density at radius 3 is 2.61 bits per heavy atom. The molecule has 2 N–H and O–H groups in total. The molecule has 1 aromatic heterocycles. The highest BCUT2D eigenvalue weighted by Gasteiger charge is 2.36. The van der Waals surface area contributed by atoms with Crippen molar-refractivity contribution < 1.29 is 37.4 Å². The van der Waals surface area contributed by atoms with Crippen LogP contribution in [0.1, 0.15) is 26.2 Å². The highest BCUT2D eigenvalue weighted by molar-refractivity contribution is 7.91. The molecule has 0 spiro atoms. The Morgan fingerprint density at radius 2 is 2.00 bits per heavy atom. The van der Waals surface area contributed by atoms with Gasteiger partial charge in [0.05, 0.1) is 22.5 Å². The van der Waals surface area contributed by atoms with Gasteiger partial charge >= 0.3 is 16.9 Å². The molecule has 12 heteroatoms. The molecule has 1 aromatic carbocycles. The number of hydrogen-bond acceptors (Lipinski definition) is 8. The number of hydrogen-bond donors (Lipinski definition) is 2. The third-order valence-corrected chi connectivity index (χ3v) is 5.43. The van der Waals surface area contributed by atoms with E-state index in [0.717, 1.165) is 0 Å². The van der Waals surface area contributed by atoms with Crippen molar-refractivity contribution in [2.24, 2.45) is 0 Å². The standard InChI is InChI=1S/C16H19N3O8S/c1-2-11(17-13(20)8-9-14(21)22)10-26-15-16(19(23)27-18-15)28(24,25)12-6-4-3-5-7-12/h3-7,11H,2,8-10H2,1H3,(H,17,20)(H,21,22). The Morgan fingerprint density at radius 1 is 1.32 bits per heavy atom. The molecule has 2 aromatic rings. The summed E-state index contributed by atoms with van der Waals surface area (Å²) < 4.78 is 35.0. The minimum Gasteiger partial charge on any atom is -0.481 e. The van der Waals surface area contributed by atoms with Gasteiger partial charge < -0.3 is 20.4 Å². The summed E-state index contributed by atoms with van der Waals surface area (Å²) in [6.07, 6.45) is -0.110. The molecule has 11 nitrogen and oxygen atoms in total. The molecule has 0 saturated carbocycles. The number of aliphatic carboxylic acids is 1. The van der Waals surface area contributed by atoms with Crippen LogP contribution in [0.15, 0.2) is 44.9 Å². The molecule has 1 heterocycles. The maximum Gasteiger partial charge on any atom is 0.415 e. The Bertz CT molecular complexity index is 927. The van der Waals surface area contributed by atoms with E-state index < -0.39 is 38.7 Å². The fourth-order valence-electron chi connectivity index (χ4n) is 2.20. The average molecular weight is 413 g/mol. The van der Waals surface area contributed by atoms with Gasteiger partial charge in [-0.3, -0.25) is 14.2 Å². The van der Waals surface area contributed by atoms with E-state index in [2.05, 4.69) is 15.1 Å². The second-order valence-corrected chi connectivity index (χ2v) is 7.60. The first kappa shape index (κ1) is 21.2. The summed E-state index contributed by atoms with van der Waals surface area (Å²) in [6, 6.07) is 6.68. The maximum atomic E-state index is 12.7. The topological polar surface area (TPSA) is 163 Å². The van der Waals surface area contributed by atoms with E-state index in [9.17, 15) is 23.2 Å². The molecule has 0 radical (unpaired) electrons. The number of nitrogens with zero attached hydrogens (tertiary/aromatic N) is 2. The monoisotopic (exact) mass is 413 g/mol. The SMILES string of the molecule is CCC(COc1no[n+]([O-])c1S(=O)(=O)c1ccccc1)NC(=O)CCC(=O)O. The summed E-state index contributed by atoms with van der Waals surface area (Å²) in [5.74, 6) is -2.12. The van der Waals surface area contributed by atoms with Crippen LogP contribution in [0.5, 0.6) is 5.88 Å². The van der Waals surface area contributed by atoms with Gasteiger partial charge in [-0.1, -0.05) is 25.1 Å². The summed E-state index contributed by atoms with van der Waals surface area (Å²) in [5.41, 5.74) is 0. The highest BCUT2D eigenvalue weighted by Crippen LogP contribution is 2.25. The highest BCUT2D eigenvalue weighted by atomic mass is 32.2. The first-order valence-corrected chi connectivity index (χ1v) is 9.77. The van der Waals surface area contributed by atoms with Crippen molar-refractivity contribution in [3.8, 4) is 5.88 Å². The lowest BCUT2D eigenvalue weighted by molar-refractivity contribution is -0.832. The second kappa shape index (κ2) is 9.17. The normalized spacial score (nSPS) is 12.3. The van der Waals surface area contributed by atoms with Gasteiger partial charge in [0.1, 0.15) is 6.61 Å². The van der Waals surface area contributed by atoms with Crippen molar-refractivity contribution in [3.63, 3.8) is 0 Å². The molecule has 0 bridgehead atoms. The molecule has 0 aliphatic heterocycles. The molecule has 2 rings (SSSR count). The molecule has 0 aliphatic carbocycles. The van der Waals surface area contributed by atoms with Crippen LogP contribution in [-0.2, 0) is 19.4 Å². The van der Waals surface area contributed by atoms with Crippen molar-refractivity contribution >= 4 is 21.7 Å². The van der Waals surface area contributed by atoms with Crippen molar-refractivity contribution in [3.05, 3.63) is 35.5 Å². The van der Waals surface area contributed by atoms with E-state index in [-0.39, 0.29) is 29.2 Å². The zero-order chi connectivity index (χ0) is 20.7. The lowest BCUT2D eigenvalue weighted by Crippen LogP contribution is -2.39. The number of nitrogens with one attached hydrogen (secondary N) is 1. The van der Waals surface area contributed by atoms with Gasteiger partial charge in [-0.25, -0.2) is 8.42 Å².